The van der Waals surface area contributed by atoms with Crippen LogP contribution >= 0.6 is 11.6 Å². The van der Waals surface area contributed by atoms with E-state index in [1.165, 1.54) is 32.1 Å². The quantitative estimate of drug-likeness (QED) is 0.545. The van der Waals surface area contributed by atoms with E-state index in [2.05, 4.69) is 42.8 Å². The fraction of sp³-hybridized carbons (Fsp3) is 0.824. The van der Waals surface area contributed by atoms with Crippen molar-refractivity contribution in [2.75, 3.05) is 6.54 Å². The normalized spacial score (nSPS) is 13.0. The lowest BCUT2D eigenvalue weighted by atomic mass is 10.0. The molecule has 21 heavy (non-hydrogen) atoms. The molecule has 0 aromatic carbocycles. The predicted molar refractivity (Wildman–Crippen MR) is 92.0 cm³/mol. The maximum absolute atomic E-state index is 6.40. The van der Waals surface area contributed by atoms with E-state index >= 15 is 0 Å². The molecule has 0 bridgehead atoms. The average molecular weight is 314 g/mol. The number of halogens is 1. The minimum absolute atomic E-state index is 0.323. The Balaban J connectivity index is 2.70. The van der Waals surface area contributed by atoms with Gasteiger partial charge in [0.25, 0.3) is 0 Å². The van der Waals surface area contributed by atoms with Crippen LogP contribution in [0.1, 0.15) is 90.4 Å². The van der Waals surface area contributed by atoms with Gasteiger partial charge in [0.2, 0.25) is 0 Å². The van der Waals surface area contributed by atoms with Crippen molar-refractivity contribution >= 4 is 11.6 Å². The molecule has 0 spiro atoms. The Morgan fingerprint density at radius 1 is 1.14 bits per heavy atom. The monoisotopic (exact) mass is 313 g/mol. The Morgan fingerprint density at radius 3 is 2.48 bits per heavy atom. The zero-order chi connectivity index (χ0) is 15.7. The SMILES string of the molecule is CCCCCCCC(NCCC)c1c(Cl)cnn1C(C)C. The maximum atomic E-state index is 6.40. The standard InChI is InChI=1S/C17H32ClN3/c1-5-7-8-9-10-11-16(19-12-6-2)17-15(18)13-20-21(17)14(3)4/h13-14,16,19H,5-12H2,1-4H3. The molecule has 3 nitrogen and oxygen atoms in total. The second-order valence-corrected chi connectivity index (χ2v) is 6.53. The number of unbranched alkanes of at least 4 members (excludes halogenated alkanes) is 4. The first-order chi connectivity index (χ1) is 10.1. The highest BCUT2D eigenvalue weighted by atomic mass is 35.5. The molecule has 1 aromatic heterocycles. The molecule has 1 N–H and O–H groups in total. The van der Waals surface area contributed by atoms with Crippen LogP contribution in [0, 0.1) is 0 Å². The summed E-state index contributed by atoms with van der Waals surface area (Å²) < 4.78 is 2.07. The van der Waals surface area contributed by atoms with Gasteiger partial charge in [0.1, 0.15) is 0 Å². The van der Waals surface area contributed by atoms with Crippen LogP contribution in [0.3, 0.4) is 0 Å². The van der Waals surface area contributed by atoms with Crippen LogP contribution in [0.5, 0.6) is 0 Å². The van der Waals surface area contributed by atoms with E-state index in [-0.39, 0.29) is 0 Å². The molecule has 0 saturated heterocycles. The van der Waals surface area contributed by atoms with Gasteiger partial charge in [-0.1, -0.05) is 57.6 Å². The van der Waals surface area contributed by atoms with Gasteiger partial charge in [-0.05, 0) is 33.2 Å². The zero-order valence-electron chi connectivity index (χ0n) is 14.2. The third kappa shape index (κ3) is 5.99. The molecule has 1 rings (SSSR count). The summed E-state index contributed by atoms with van der Waals surface area (Å²) in [5, 5.41) is 8.90. The molecule has 1 aromatic rings. The Labute approximate surface area is 135 Å². The lowest BCUT2D eigenvalue weighted by Gasteiger charge is -2.22. The first-order valence-electron chi connectivity index (χ1n) is 8.58. The topological polar surface area (TPSA) is 29.9 Å². The molecule has 0 aliphatic heterocycles. The van der Waals surface area contributed by atoms with Crippen LogP contribution in [-0.2, 0) is 0 Å². The molecule has 0 radical (unpaired) electrons. The Hall–Kier alpha value is -0.540. The number of aromatic nitrogens is 2. The summed E-state index contributed by atoms with van der Waals surface area (Å²) in [7, 11) is 0. The lowest BCUT2D eigenvalue weighted by molar-refractivity contribution is 0.414. The van der Waals surface area contributed by atoms with Gasteiger partial charge in [-0.3, -0.25) is 4.68 Å². The van der Waals surface area contributed by atoms with E-state index in [0.717, 1.165) is 30.1 Å². The zero-order valence-corrected chi connectivity index (χ0v) is 14.9. The lowest BCUT2D eigenvalue weighted by Crippen LogP contribution is -2.25. The van der Waals surface area contributed by atoms with Gasteiger partial charge in [-0.2, -0.15) is 5.10 Å². The minimum Gasteiger partial charge on any atom is -0.309 e. The second kappa shape index (κ2) is 10.2. The number of nitrogens with zero attached hydrogens (tertiary/aromatic N) is 2. The number of nitrogens with one attached hydrogen (secondary N) is 1. The van der Waals surface area contributed by atoms with Gasteiger partial charge in [0.05, 0.1) is 23.0 Å². The summed E-state index contributed by atoms with van der Waals surface area (Å²) in [4.78, 5) is 0. The Kier molecular flexibility index (Phi) is 9.02. The molecular formula is C17H32ClN3. The summed E-state index contributed by atoms with van der Waals surface area (Å²) in [5.41, 5.74) is 1.16. The maximum Gasteiger partial charge on any atom is 0.0834 e. The largest absolute Gasteiger partial charge is 0.309 e. The smallest absolute Gasteiger partial charge is 0.0834 e. The van der Waals surface area contributed by atoms with E-state index < -0.39 is 0 Å². The Bertz CT molecular complexity index is 387. The van der Waals surface area contributed by atoms with Gasteiger partial charge >= 0.3 is 0 Å². The second-order valence-electron chi connectivity index (χ2n) is 6.13. The summed E-state index contributed by atoms with van der Waals surface area (Å²) in [5.74, 6) is 0. The molecule has 1 heterocycles. The van der Waals surface area contributed by atoms with E-state index in [4.69, 9.17) is 11.6 Å². The first-order valence-corrected chi connectivity index (χ1v) is 8.95. The number of rotatable bonds is 11. The van der Waals surface area contributed by atoms with E-state index in [9.17, 15) is 0 Å². The molecule has 0 aliphatic carbocycles. The van der Waals surface area contributed by atoms with Crippen LogP contribution in [0.25, 0.3) is 0 Å². The third-order valence-electron chi connectivity index (χ3n) is 3.84. The molecule has 1 unspecified atom stereocenters. The third-order valence-corrected chi connectivity index (χ3v) is 4.13. The van der Waals surface area contributed by atoms with Crippen molar-refractivity contribution in [1.82, 2.24) is 15.1 Å². The molecule has 122 valence electrons. The summed E-state index contributed by atoms with van der Waals surface area (Å²) in [6, 6.07) is 0.669. The molecule has 0 aliphatic rings. The average Bonchev–Trinajstić information content (AvgIpc) is 2.84. The number of hydrogen-bond donors (Lipinski definition) is 1. The minimum atomic E-state index is 0.323. The van der Waals surface area contributed by atoms with Gasteiger partial charge in [-0.25, -0.2) is 0 Å². The highest BCUT2D eigenvalue weighted by Crippen LogP contribution is 2.29. The van der Waals surface area contributed by atoms with Crippen molar-refractivity contribution in [3.63, 3.8) is 0 Å². The van der Waals surface area contributed by atoms with E-state index in [1.807, 2.05) is 0 Å². The Morgan fingerprint density at radius 2 is 1.86 bits per heavy atom. The van der Waals surface area contributed by atoms with Crippen molar-refractivity contribution in [1.29, 1.82) is 0 Å². The van der Waals surface area contributed by atoms with Crippen molar-refractivity contribution in [3.05, 3.63) is 16.9 Å². The van der Waals surface area contributed by atoms with Crippen LogP contribution in [0.15, 0.2) is 6.20 Å². The van der Waals surface area contributed by atoms with Gasteiger partial charge < -0.3 is 5.32 Å². The molecule has 1 atom stereocenters. The van der Waals surface area contributed by atoms with E-state index in [1.54, 1.807) is 6.20 Å². The molecule has 4 heteroatoms. The predicted octanol–water partition coefficient (Wildman–Crippen LogP) is 5.52. The van der Waals surface area contributed by atoms with Crippen LogP contribution in [0.4, 0.5) is 0 Å². The van der Waals surface area contributed by atoms with Crippen LogP contribution in [0.2, 0.25) is 5.02 Å². The highest BCUT2D eigenvalue weighted by molar-refractivity contribution is 6.31. The van der Waals surface area contributed by atoms with Crippen molar-refractivity contribution in [3.8, 4) is 0 Å². The number of hydrogen-bond acceptors (Lipinski definition) is 2. The van der Waals surface area contributed by atoms with Crippen LogP contribution in [-0.4, -0.2) is 16.3 Å². The molecule has 0 fully saturated rings. The first kappa shape index (κ1) is 18.5. The van der Waals surface area contributed by atoms with Crippen molar-refractivity contribution < 1.29 is 0 Å². The fourth-order valence-electron chi connectivity index (χ4n) is 2.69. The van der Waals surface area contributed by atoms with E-state index in [0.29, 0.717) is 12.1 Å². The highest BCUT2D eigenvalue weighted by Gasteiger charge is 2.20. The molecule has 0 saturated carbocycles. The van der Waals surface area contributed by atoms with Crippen molar-refractivity contribution in [2.45, 2.75) is 84.7 Å². The van der Waals surface area contributed by atoms with Crippen LogP contribution < -0.4 is 5.32 Å². The summed E-state index contributed by atoms with van der Waals surface area (Å²) in [6.45, 7) is 9.80. The molecule has 0 amide bonds. The summed E-state index contributed by atoms with van der Waals surface area (Å²) >= 11 is 6.40. The van der Waals surface area contributed by atoms with Gasteiger partial charge in [0.15, 0.2) is 0 Å². The van der Waals surface area contributed by atoms with Crippen molar-refractivity contribution in [2.24, 2.45) is 0 Å². The fourth-order valence-corrected chi connectivity index (χ4v) is 2.96. The molecular weight excluding hydrogens is 282 g/mol. The summed E-state index contributed by atoms with van der Waals surface area (Å²) in [6.07, 6.45) is 10.6. The van der Waals surface area contributed by atoms with Gasteiger partial charge in [-0.15, -0.1) is 0 Å². The van der Waals surface area contributed by atoms with Gasteiger partial charge in [0, 0.05) is 6.04 Å².